The smallest absolute Gasteiger partial charge is 0.0958 e. The van der Waals surface area contributed by atoms with Gasteiger partial charge >= 0.3 is 0 Å². The number of benzene rings is 1. The maximum Gasteiger partial charge on any atom is 0.0958 e. The molecule has 2 aromatic rings. The van der Waals surface area contributed by atoms with Gasteiger partial charge in [0.05, 0.1) is 40.0 Å². The molecule has 7 rings (SSSR count). The number of nitrogens with zero attached hydrogens (tertiary/aromatic N) is 3. The van der Waals surface area contributed by atoms with Gasteiger partial charge in [0.2, 0.25) is 0 Å². The van der Waals surface area contributed by atoms with Crippen LogP contribution in [0.3, 0.4) is 0 Å². The Morgan fingerprint density at radius 3 is 2.69 bits per heavy atom. The summed E-state index contributed by atoms with van der Waals surface area (Å²) in [5.41, 5.74) is 2.63. The molecule has 192 valence electrons. The van der Waals surface area contributed by atoms with Crippen molar-refractivity contribution >= 4 is 28.1 Å². The number of aliphatic hydroxyl groups is 2. The Labute approximate surface area is 217 Å². The van der Waals surface area contributed by atoms with Crippen LogP contribution in [-0.4, -0.2) is 73.7 Å². The van der Waals surface area contributed by atoms with Crippen LogP contribution in [0.2, 0.25) is 0 Å². The Morgan fingerprint density at radius 1 is 1.06 bits per heavy atom. The third-order valence-corrected chi connectivity index (χ3v) is 11.7. The van der Waals surface area contributed by atoms with E-state index in [-0.39, 0.29) is 23.3 Å². The molecule has 4 fully saturated rings. The summed E-state index contributed by atoms with van der Waals surface area (Å²) in [4.78, 5) is 1.52. The Bertz CT molecular complexity index is 1270. The van der Waals surface area contributed by atoms with Crippen LogP contribution in [0.4, 0.5) is 0 Å². The minimum atomic E-state index is -0.817. The Balaban J connectivity index is 1.27. The predicted molar refractivity (Wildman–Crippen MR) is 140 cm³/mol. The summed E-state index contributed by atoms with van der Waals surface area (Å²) in [5.74, 6) is 0.153. The molecule has 2 N–H and O–H groups in total. The van der Waals surface area contributed by atoms with E-state index in [0.29, 0.717) is 6.42 Å². The minimum Gasteiger partial charge on any atom is -0.390 e. The second-order valence-electron chi connectivity index (χ2n) is 12.7. The van der Waals surface area contributed by atoms with E-state index in [1.54, 1.807) is 6.20 Å². The summed E-state index contributed by atoms with van der Waals surface area (Å²) in [6.45, 7) is 2.41. The summed E-state index contributed by atoms with van der Waals surface area (Å²) in [5, 5.41) is 31.8. The van der Waals surface area contributed by atoms with Crippen molar-refractivity contribution in [3.05, 3.63) is 42.1 Å². The van der Waals surface area contributed by atoms with Gasteiger partial charge in [0, 0.05) is 23.3 Å². The summed E-state index contributed by atoms with van der Waals surface area (Å²) in [6.07, 6.45) is 8.59. The first kappa shape index (κ1) is 23.5. The van der Waals surface area contributed by atoms with E-state index in [1.165, 1.54) is 11.1 Å². The van der Waals surface area contributed by atoms with Crippen LogP contribution in [0, 0.1) is 17.3 Å². The van der Waals surface area contributed by atoms with Crippen molar-refractivity contribution in [2.75, 3.05) is 14.1 Å². The maximum absolute atomic E-state index is 11.3. The van der Waals surface area contributed by atoms with Gasteiger partial charge in [0.25, 0.3) is 0 Å². The lowest BCUT2D eigenvalue weighted by Gasteiger charge is -2.65. The zero-order valence-electron chi connectivity index (χ0n) is 21.3. The van der Waals surface area contributed by atoms with E-state index in [1.807, 2.05) is 25.1 Å². The van der Waals surface area contributed by atoms with E-state index in [2.05, 4.69) is 41.4 Å². The molecule has 5 aliphatic rings. The average Bonchev–Trinajstić information content (AvgIpc) is 3.39. The molecule has 7 heteroatoms. The molecule has 6 nitrogen and oxygen atoms in total. The monoisotopic (exact) mass is 509 g/mol. The molecule has 0 radical (unpaired) electrons. The van der Waals surface area contributed by atoms with E-state index >= 15 is 0 Å². The summed E-state index contributed by atoms with van der Waals surface area (Å²) < 4.78 is 7.33. The number of alkyl halides is 1. The van der Waals surface area contributed by atoms with Crippen molar-refractivity contribution in [2.45, 2.75) is 86.2 Å². The molecular formula is C29H36ClN3O3. The topological polar surface area (TPSA) is 78.7 Å². The summed E-state index contributed by atoms with van der Waals surface area (Å²) in [7, 11) is 3.96. The van der Waals surface area contributed by atoms with Crippen LogP contribution in [0.1, 0.15) is 57.4 Å². The zero-order valence-corrected chi connectivity index (χ0v) is 22.1. The molecule has 2 spiro atoms. The average molecular weight is 510 g/mol. The molecular weight excluding hydrogens is 474 g/mol. The quantitative estimate of drug-likeness (QED) is 0.591. The third kappa shape index (κ3) is 2.83. The van der Waals surface area contributed by atoms with Gasteiger partial charge in [0.15, 0.2) is 0 Å². The number of fused-ring (bicyclic) bond motifs is 2. The molecule has 2 saturated heterocycles. The van der Waals surface area contributed by atoms with Gasteiger partial charge in [-0.1, -0.05) is 25.1 Å². The van der Waals surface area contributed by atoms with Crippen LogP contribution in [0.25, 0.3) is 16.5 Å². The summed E-state index contributed by atoms with van der Waals surface area (Å²) in [6, 6.07) is 8.42. The number of rotatable bonds is 2. The minimum absolute atomic E-state index is 0.0413. The highest BCUT2D eigenvalue weighted by Crippen LogP contribution is 2.73. The van der Waals surface area contributed by atoms with Crippen LogP contribution >= 0.6 is 11.6 Å². The van der Waals surface area contributed by atoms with Crippen molar-refractivity contribution in [3.8, 4) is 0 Å². The number of aromatic nitrogens is 2. The predicted octanol–water partition coefficient (Wildman–Crippen LogP) is 4.17. The fraction of sp³-hybridized carbons (Fsp3) is 0.655. The third-order valence-electron chi connectivity index (χ3n) is 11.0. The van der Waals surface area contributed by atoms with Gasteiger partial charge in [0.1, 0.15) is 0 Å². The molecule has 1 aromatic carbocycles. The highest BCUT2D eigenvalue weighted by atomic mass is 35.5. The summed E-state index contributed by atoms with van der Waals surface area (Å²) >= 11 is 7.62. The molecule has 2 aliphatic heterocycles. The van der Waals surface area contributed by atoms with Crippen LogP contribution in [-0.2, 0) is 4.74 Å². The first-order valence-electron chi connectivity index (χ1n) is 13.5. The molecule has 0 amide bonds. The van der Waals surface area contributed by atoms with E-state index in [4.69, 9.17) is 16.3 Å². The molecule has 3 aliphatic carbocycles. The molecule has 9 unspecified atom stereocenters. The van der Waals surface area contributed by atoms with E-state index in [9.17, 15) is 10.2 Å². The molecule has 2 bridgehead atoms. The SMILES string of the molecule is CN(C)C1CC23CCC4(O2)C2CC=C(c5ccc6ccnnc6c5)C2(C)CCC4(Cl)CC3C(O)C1O. The standard InChI is InChI=1S/C29H36ClN3O3/c1-26-9-11-28(30)15-20-24(34)25(35)22(33(2)3)16-27(20)10-12-29(28,36-27)23(26)7-6-19(26)18-5-4-17-8-13-31-32-21(17)14-18/h4-6,8,13-14,20,22-25,34-35H,7,9-12,15-16H2,1-3H3. The van der Waals surface area contributed by atoms with Crippen LogP contribution < -0.4 is 0 Å². The normalized spacial score (nSPS) is 47.4. The molecule has 2 saturated carbocycles. The van der Waals surface area contributed by atoms with Gasteiger partial charge in [-0.25, -0.2) is 0 Å². The number of allylic oxidation sites excluding steroid dienone is 2. The van der Waals surface area contributed by atoms with Crippen molar-refractivity contribution in [1.29, 1.82) is 0 Å². The van der Waals surface area contributed by atoms with Gasteiger partial charge in [-0.3, -0.25) is 0 Å². The number of likely N-dealkylation sites (N-methyl/N-ethyl adjacent to an activating group) is 1. The number of halogens is 1. The molecule has 1 aromatic heterocycles. The lowest BCUT2D eigenvalue weighted by molar-refractivity contribution is -0.276. The van der Waals surface area contributed by atoms with Crippen molar-refractivity contribution in [3.63, 3.8) is 0 Å². The Kier molecular flexibility index (Phi) is 4.91. The van der Waals surface area contributed by atoms with E-state index < -0.39 is 28.3 Å². The Hall–Kier alpha value is -1.57. The Morgan fingerprint density at radius 2 is 1.89 bits per heavy atom. The van der Waals surface area contributed by atoms with Gasteiger partial charge in [-0.15, -0.1) is 11.6 Å². The highest BCUT2D eigenvalue weighted by molar-refractivity contribution is 6.25. The fourth-order valence-corrected chi connectivity index (χ4v) is 9.68. The number of hydrogen-bond acceptors (Lipinski definition) is 6. The number of hydrogen-bond donors (Lipinski definition) is 2. The van der Waals surface area contributed by atoms with Gasteiger partial charge in [-0.05, 0) is 87.7 Å². The molecule has 9 atom stereocenters. The molecule has 3 heterocycles. The van der Waals surface area contributed by atoms with Crippen LogP contribution in [0.5, 0.6) is 0 Å². The second-order valence-corrected chi connectivity index (χ2v) is 13.4. The van der Waals surface area contributed by atoms with Crippen molar-refractivity contribution in [2.24, 2.45) is 17.3 Å². The maximum atomic E-state index is 11.3. The van der Waals surface area contributed by atoms with E-state index in [0.717, 1.165) is 49.4 Å². The van der Waals surface area contributed by atoms with Gasteiger partial charge in [-0.2, -0.15) is 10.2 Å². The first-order chi connectivity index (χ1) is 17.1. The lowest BCUT2D eigenvalue weighted by Crippen LogP contribution is -2.72. The highest BCUT2D eigenvalue weighted by Gasteiger charge is 2.76. The second kappa shape index (κ2) is 7.51. The van der Waals surface area contributed by atoms with Gasteiger partial charge < -0.3 is 19.8 Å². The zero-order chi connectivity index (χ0) is 25.1. The first-order valence-corrected chi connectivity index (χ1v) is 13.8. The number of ether oxygens (including phenoxy) is 1. The van der Waals surface area contributed by atoms with Crippen molar-refractivity contribution < 1.29 is 14.9 Å². The lowest BCUT2D eigenvalue weighted by atomic mass is 9.52. The fourth-order valence-electron chi connectivity index (χ4n) is 9.16. The van der Waals surface area contributed by atoms with Crippen molar-refractivity contribution in [1.82, 2.24) is 15.1 Å². The largest absolute Gasteiger partial charge is 0.390 e. The van der Waals surface area contributed by atoms with Crippen LogP contribution in [0.15, 0.2) is 36.5 Å². The number of aliphatic hydroxyl groups excluding tert-OH is 2. The molecule has 36 heavy (non-hydrogen) atoms.